The van der Waals surface area contributed by atoms with Crippen molar-refractivity contribution in [3.8, 4) is 0 Å². The zero-order valence-corrected chi connectivity index (χ0v) is 43.0. The van der Waals surface area contributed by atoms with E-state index < -0.39 is 58.0 Å². The van der Waals surface area contributed by atoms with Crippen molar-refractivity contribution in [1.29, 1.82) is 0 Å². The molecule has 2 aliphatic heterocycles. The molecule has 0 aliphatic carbocycles. The molecule has 15 heteroatoms. The number of nitrogens with zero attached hydrogens (tertiary/aromatic N) is 3. The molecule has 6 aromatic rings. The maximum atomic E-state index is 14.7. The van der Waals surface area contributed by atoms with Gasteiger partial charge in [0, 0.05) is 15.6 Å². The van der Waals surface area contributed by atoms with Gasteiger partial charge in [0.25, 0.3) is 11.8 Å². The lowest BCUT2D eigenvalue weighted by atomic mass is 9.77. The van der Waals surface area contributed by atoms with Crippen LogP contribution in [0.25, 0.3) is 0 Å². The second kappa shape index (κ2) is 21.6. The van der Waals surface area contributed by atoms with E-state index in [1.165, 1.54) is 41.8 Å². The van der Waals surface area contributed by atoms with E-state index in [0.717, 1.165) is 27.8 Å². The topological polar surface area (TPSA) is 149 Å². The average molecular weight is 1090 g/mol. The standard InChI is InChI=1S/C55H52IN5O7S2/c1-53(2,3)67-51(65)54(4,5)68-60-43(42-35-70-52(57-42)59-55(39-27-15-8-16-28-39,40-29-17-9-18-30-40)41-31-19-10-20-32-41)47(62)58-44-48(63)61-45(38(26-21-33-56)34-69-49(44)61)50(64)66-46(36-22-11-6-12-23-36)37-24-13-7-14-25-37/h6-32,35,44,46,49H,33-34H2,1-5H3,(H,57,59)(H,58,62)/b26-21+,60-43-/t44?,49-/m0/s1. The molecular formula is C55H52IN5O7S2. The number of allylic oxidation sites excluding steroid dienone is 2. The first-order valence-electron chi connectivity index (χ1n) is 22.6. The molecule has 1 aromatic heterocycles. The normalized spacial score (nSPS) is 16.4. The Hall–Kier alpha value is -6.56. The number of benzene rings is 5. The summed E-state index contributed by atoms with van der Waals surface area (Å²) < 4.78 is 12.6. The first-order chi connectivity index (χ1) is 33.7. The number of thioether (sulfide) groups is 1. The van der Waals surface area contributed by atoms with Gasteiger partial charge in [-0.3, -0.25) is 14.5 Å². The Labute approximate surface area is 429 Å². The van der Waals surface area contributed by atoms with Gasteiger partial charge in [-0.05, 0) is 68.0 Å². The quantitative estimate of drug-likeness (QED) is 0.0172. The SMILES string of the molecule is CC(C)(C)OC(=O)C(C)(C)O/N=C(\C(=O)NC1C(=O)N2C(C(=O)OC(c3ccccc3)c3ccccc3)=C(/C=C/CI)CS[C@@H]12)c1csc(NC(c2ccccc2)(c2ccccc2)c2ccccc2)n1. The minimum atomic E-state index is -1.64. The highest BCUT2D eigenvalue weighted by Crippen LogP contribution is 2.43. The first-order valence-corrected chi connectivity index (χ1v) is 26.1. The van der Waals surface area contributed by atoms with Crippen molar-refractivity contribution in [3.05, 3.63) is 214 Å². The van der Waals surface area contributed by atoms with Gasteiger partial charge in [0.05, 0.1) is 0 Å². The number of nitrogens with one attached hydrogen (secondary N) is 2. The summed E-state index contributed by atoms with van der Waals surface area (Å²) in [5, 5.41) is 12.4. The number of carbonyl (C=O) groups excluding carboxylic acids is 4. The van der Waals surface area contributed by atoms with Crippen molar-refractivity contribution in [2.75, 3.05) is 15.5 Å². The Balaban J connectivity index is 1.12. The molecule has 1 unspecified atom stereocenters. The average Bonchev–Trinajstić information content (AvgIpc) is 3.84. The van der Waals surface area contributed by atoms with Crippen molar-refractivity contribution >= 4 is 80.3 Å². The van der Waals surface area contributed by atoms with Crippen LogP contribution in [0, 0.1) is 0 Å². The van der Waals surface area contributed by atoms with Crippen molar-refractivity contribution < 1.29 is 33.5 Å². The summed E-state index contributed by atoms with van der Waals surface area (Å²) in [5.74, 6) is -2.31. The summed E-state index contributed by atoms with van der Waals surface area (Å²) in [6, 6.07) is 47.8. The second-order valence-corrected chi connectivity index (χ2v) is 20.8. The fraction of sp³-hybridized carbons (Fsp3) is 0.236. The number of hydrogen-bond donors (Lipinski definition) is 2. The number of hydrogen-bond acceptors (Lipinski definition) is 12. The third kappa shape index (κ3) is 10.9. The molecule has 12 nitrogen and oxygen atoms in total. The molecule has 2 aliphatic rings. The number of amides is 2. The van der Waals surface area contributed by atoms with Crippen molar-refractivity contribution in [2.45, 2.75) is 68.9 Å². The van der Waals surface area contributed by atoms with E-state index in [0.29, 0.717) is 20.9 Å². The largest absolute Gasteiger partial charge is 0.457 e. The van der Waals surface area contributed by atoms with Gasteiger partial charge in [0.15, 0.2) is 16.9 Å². The zero-order chi connectivity index (χ0) is 49.5. The van der Waals surface area contributed by atoms with Gasteiger partial charge in [0.1, 0.15) is 33.9 Å². The van der Waals surface area contributed by atoms with E-state index in [9.17, 15) is 19.2 Å². The Morgan fingerprint density at radius 3 is 1.81 bits per heavy atom. The number of rotatable bonds is 17. The third-order valence-electron chi connectivity index (χ3n) is 11.4. The summed E-state index contributed by atoms with van der Waals surface area (Å²) in [6.07, 6.45) is 3.01. The zero-order valence-electron chi connectivity index (χ0n) is 39.2. The van der Waals surface area contributed by atoms with Crippen LogP contribution in [-0.2, 0) is 39.0 Å². The smallest absolute Gasteiger partial charge is 0.356 e. The summed E-state index contributed by atoms with van der Waals surface area (Å²) in [7, 11) is 0. The van der Waals surface area contributed by atoms with Crippen LogP contribution >= 0.6 is 45.7 Å². The monoisotopic (exact) mass is 1090 g/mol. The lowest BCUT2D eigenvalue weighted by molar-refractivity contribution is -0.179. The molecule has 2 N–H and O–H groups in total. The maximum Gasteiger partial charge on any atom is 0.356 e. The van der Waals surface area contributed by atoms with Crippen molar-refractivity contribution in [2.24, 2.45) is 5.16 Å². The molecule has 70 heavy (non-hydrogen) atoms. The fourth-order valence-electron chi connectivity index (χ4n) is 8.09. The lowest BCUT2D eigenvalue weighted by Crippen LogP contribution is -2.71. The Kier molecular flexibility index (Phi) is 15.4. The van der Waals surface area contributed by atoms with E-state index in [4.69, 9.17) is 19.3 Å². The molecule has 8 rings (SSSR count). The Morgan fingerprint density at radius 2 is 1.31 bits per heavy atom. The van der Waals surface area contributed by atoms with E-state index in [-0.39, 0.29) is 17.1 Å². The van der Waals surface area contributed by atoms with Crippen LogP contribution in [0.2, 0.25) is 0 Å². The van der Waals surface area contributed by atoms with Gasteiger partial charge in [-0.1, -0.05) is 192 Å². The van der Waals surface area contributed by atoms with Gasteiger partial charge < -0.3 is 24.9 Å². The number of fused-ring (bicyclic) bond motifs is 1. The number of aromatic nitrogens is 1. The predicted octanol–water partition coefficient (Wildman–Crippen LogP) is 10.4. The third-order valence-corrected chi connectivity index (χ3v) is 14.0. The number of alkyl halides is 1. The van der Waals surface area contributed by atoms with Gasteiger partial charge in [-0.25, -0.2) is 14.6 Å². The molecule has 5 aromatic carbocycles. The number of oxime groups is 1. The van der Waals surface area contributed by atoms with Gasteiger partial charge >= 0.3 is 11.9 Å². The minimum Gasteiger partial charge on any atom is -0.457 e. The number of anilines is 1. The minimum absolute atomic E-state index is 0.113. The van der Waals surface area contributed by atoms with Crippen molar-refractivity contribution in [3.63, 3.8) is 0 Å². The highest BCUT2D eigenvalue weighted by Gasteiger charge is 2.55. The van der Waals surface area contributed by atoms with Crippen LogP contribution in [0.5, 0.6) is 0 Å². The number of esters is 2. The molecular weight excluding hydrogens is 1030 g/mol. The van der Waals surface area contributed by atoms with Crippen LogP contribution in [-0.4, -0.2) is 72.1 Å². The fourth-order valence-corrected chi connectivity index (χ4v) is 10.4. The number of halogens is 1. The predicted molar refractivity (Wildman–Crippen MR) is 283 cm³/mol. The van der Waals surface area contributed by atoms with E-state index in [2.05, 4.69) is 38.4 Å². The summed E-state index contributed by atoms with van der Waals surface area (Å²) in [5.41, 5.74) is 1.53. The highest BCUT2D eigenvalue weighted by atomic mass is 127. The van der Waals surface area contributed by atoms with E-state index in [1.54, 1.807) is 26.2 Å². The molecule has 0 spiro atoms. The van der Waals surface area contributed by atoms with E-state index in [1.807, 2.05) is 164 Å². The second-order valence-electron chi connectivity index (χ2n) is 18.0. The molecule has 2 amide bonds. The van der Waals surface area contributed by atoms with Gasteiger partial charge in [-0.15, -0.1) is 23.1 Å². The van der Waals surface area contributed by atoms with Crippen LogP contribution in [0.3, 0.4) is 0 Å². The maximum absolute atomic E-state index is 14.7. The number of β-lactam (4-membered cyclic amide) rings is 1. The lowest BCUT2D eigenvalue weighted by Gasteiger charge is -2.49. The summed E-state index contributed by atoms with van der Waals surface area (Å²) >= 11 is 4.88. The molecule has 3 heterocycles. The van der Waals surface area contributed by atoms with Crippen LogP contribution in [0.15, 0.2) is 186 Å². The Morgan fingerprint density at radius 1 is 0.800 bits per heavy atom. The summed E-state index contributed by atoms with van der Waals surface area (Å²) in [4.78, 5) is 69.2. The van der Waals surface area contributed by atoms with Crippen molar-refractivity contribution in [1.82, 2.24) is 15.2 Å². The molecule has 0 saturated carbocycles. The molecule has 1 saturated heterocycles. The van der Waals surface area contributed by atoms with Crippen LogP contribution in [0.1, 0.15) is 74.2 Å². The highest BCUT2D eigenvalue weighted by molar-refractivity contribution is 14.1. The first kappa shape index (κ1) is 49.8. The molecule has 1 fully saturated rings. The van der Waals surface area contributed by atoms with Gasteiger partial charge in [0.2, 0.25) is 5.60 Å². The van der Waals surface area contributed by atoms with Crippen LogP contribution < -0.4 is 10.6 Å². The number of carbonyl (C=O) groups is 4. The van der Waals surface area contributed by atoms with Gasteiger partial charge in [-0.2, -0.15) is 0 Å². The summed E-state index contributed by atoms with van der Waals surface area (Å²) in [6.45, 7) is 8.20. The molecule has 0 bridgehead atoms. The Bertz CT molecular complexity index is 2770. The molecule has 0 radical (unpaired) electrons. The molecule has 358 valence electrons. The molecule has 2 atom stereocenters. The van der Waals surface area contributed by atoms with Crippen LogP contribution in [0.4, 0.5) is 5.13 Å². The van der Waals surface area contributed by atoms with E-state index >= 15 is 0 Å². The number of ether oxygens (including phenoxy) is 2. The number of thiazole rings is 1.